The number of nitrogens with zero attached hydrogens (tertiary/aromatic N) is 2. The number of carbonyl (C=O) groups is 9. The van der Waals surface area contributed by atoms with Gasteiger partial charge in [0.2, 0.25) is 53.2 Å². The molecule has 9 atom stereocenters. The molecule has 22 heteroatoms. The van der Waals surface area contributed by atoms with Crippen LogP contribution in [0.25, 0.3) is 10.8 Å². The molecule has 1 saturated heterocycles. The van der Waals surface area contributed by atoms with Gasteiger partial charge in [-0.05, 0) is 18.8 Å². The summed E-state index contributed by atoms with van der Waals surface area (Å²) >= 11 is 1.09. The normalized spacial score (nSPS) is 26.9. The number of primary amides is 1. The van der Waals surface area contributed by atoms with E-state index in [2.05, 4.69) is 37.2 Å². The molecule has 2 aromatic rings. The van der Waals surface area contributed by atoms with Crippen LogP contribution in [0.15, 0.2) is 35.5 Å². The van der Waals surface area contributed by atoms with Gasteiger partial charge in [-0.1, -0.05) is 51.5 Å². The lowest BCUT2D eigenvalue weighted by atomic mass is 9.94. The number of aliphatic hydroxyl groups is 2. The van der Waals surface area contributed by atoms with Gasteiger partial charge in [0.25, 0.3) is 0 Å². The van der Waals surface area contributed by atoms with Crippen molar-refractivity contribution in [1.82, 2.24) is 46.7 Å². The van der Waals surface area contributed by atoms with Crippen LogP contribution in [0, 0.1) is 11.8 Å². The number of aliphatic hydroxyl groups excluding tert-OH is 2. The van der Waals surface area contributed by atoms with Crippen LogP contribution in [0.2, 0.25) is 0 Å². The van der Waals surface area contributed by atoms with E-state index in [9.17, 15) is 53.4 Å². The molecule has 1 aromatic carbocycles. The number of amides is 9. The average Bonchev–Trinajstić information content (AvgIpc) is 3.87. The lowest BCUT2D eigenvalue weighted by Crippen LogP contribution is -2.62. The highest BCUT2D eigenvalue weighted by Crippen LogP contribution is 2.31. The van der Waals surface area contributed by atoms with Crippen LogP contribution in [0.1, 0.15) is 46.5 Å². The fourth-order valence-corrected chi connectivity index (χ4v) is 8.66. The molecule has 0 aliphatic carbocycles. The summed E-state index contributed by atoms with van der Waals surface area (Å²) < 4.78 is 1.64. The van der Waals surface area contributed by atoms with Crippen LogP contribution in [0.4, 0.5) is 0 Å². The number of aromatic nitrogens is 1. The van der Waals surface area contributed by atoms with Crippen LogP contribution in [-0.2, 0) is 49.7 Å². The van der Waals surface area contributed by atoms with Gasteiger partial charge in [-0.15, -0.1) is 11.8 Å². The summed E-state index contributed by atoms with van der Waals surface area (Å²) in [7, 11) is 0. The molecule has 3 aliphatic rings. The quantitative estimate of drug-likeness (QED) is 0.129. The van der Waals surface area contributed by atoms with Gasteiger partial charge in [-0.25, -0.2) is 0 Å². The van der Waals surface area contributed by atoms with Crippen molar-refractivity contribution in [3.05, 3.63) is 30.5 Å². The highest BCUT2D eigenvalue weighted by atomic mass is 32.2. The second kappa shape index (κ2) is 20.7. The summed E-state index contributed by atoms with van der Waals surface area (Å²) in [6.07, 6.45) is 0.340. The van der Waals surface area contributed by atoms with Crippen molar-refractivity contribution in [3.8, 4) is 0 Å². The molecule has 1 aromatic heterocycles. The van der Waals surface area contributed by atoms with E-state index in [1.54, 1.807) is 48.9 Å². The summed E-state index contributed by atoms with van der Waals surface area (Å²) in [5.41, 5.74) is 5.53. The monoisotopic (exact) mass is 870 g/mol. The van der Waals surface area contributed by atoms with E-state index in [1.807, 2.05) is 0 Å². The highest BCUT2D eigenvalue weighted by Gasteiger charge is 2.42. The molecular weight excluding hydrogens is 817 g/mol. The Morgan fingerprint density at radius 1 is 0.852 bits per heavy atom. The first-order valence-electron chi connectivity index (χ1n) is 20.2. The van der Waals surface area contributed by atoms with Gasteiger partial charge in [0, 0.05) is 35.2 Å². The molecule has 0 saturated carbocycles. The van der Waals surface area contributed by atoms with Crippen LogP contribution >= 0.6 is 11.8 Å². The van der Waals surface area contributed by atoms with E-state index in [0.29, 0.717) is 28.6 Å². The molecule has 21 nitrogen and oxygen atoms in total. The van der Waals surface area contributed by atoms with E-state index in [-0.39, 0.29) is 25.3 Å². The molecule has 5 rings (SSSR count). The molecule has 61 heavy (non-hydrogen) atoms. The lowest BCUT2D eigenvalue weighted by Gasteiger charge is -2.33. The Morgan fingerprint density at radius 2 is 1.54 bits per heavy atom. The smallest absolute Gasteiger partial charge is 0.246 e. The SMILES string of the molecule is CC[C@H](C)[C@@H]1NC(=O)CNC(=O)[C@@H]2Cn3cc4ccccc4c3SC[C@H](NC(=O)CNC1=O)C(=O)N[C@@H](CC(N)=O)C(=O)N1CCC[C@H]1C(=O)N[C@@H]([C@@H](C)[C@@H](O)CO)C(=O)N2. The zero-order valence-corrected chi connectivity index (χ0v) is 34.9. The Balaban J connectivity index is 1.68. The van der Waals surface area contributed by atoms with Crippen molar-refractivity contribution in [2.24, 2.45) is 17.6 Å². The van der Waals surface area contributed by atoms with E-state index >= 15 is 0 Å². The largest absolute Gasteiger partial charge is 0.394 e. The number of hydrogen-bond acceptors (Lipinski definition) is 12. The van der Waals surface area contributed by atoms with Crippen molar-refractivity contribution in [1.29, 1.82) is 0 Å². The average molecular weight is 871 g/mol. The van der Waals surface area contributed by atoms with E-state index in [1.165, 1.54) is 6.92 Å². The predicted octanol–water partition coefficient (Wildman–Crippen LogP) is -3.68. The van der Waals surface area contributed by atoms with E-state index in [4.69, 9.17) is 5.73 Å². The third kappa shape index (κ3) is 11.4. The minimum atomic E-state index is -1.59. The van der Waals surface area contributed by atoms with Crippen LogP contribution < -0.4 is 43.0 Å². The number of thioether (sulfide) groups is 1. The maximum atomic E-state index is 14.3. The first-order chi connectivity index (χ1) is 29.0. The minimum absolute atomic E-state index is 0.0149. The number of rotatable bonds is 7. The van der Waals surface area contributed by atoms with E-state index in [0.717, 1.165) is 16.7 Å². The van der Waals surface area contributed by atoms with Gasteiger partial charge in [0.05, 0.1) is 43.8 Å². The molecular formula is C39H54N10O11S. The number of nitrogens with two attached hydrogens (primary N) is 1. The zero-order chi connectivity index (χ0) is 44.5. The van der Waals surface area contributed by atoms with Gasteiger partial charge in [0.1, 0.15) is 36.3 Å². The summed E-state index contributed by atoms with van der Waals surface area (Å²) in [5, 5.41) is 40.4. The predicted molar refractivity (Wildman–Crippen MR) is 219 cm³/mol. The van der Waals surface area contributed by atoms with Gasteiger partial charge >= 0.3 is 0 Å². The molecule has 9 amide bonds. The summed E-state index contributed by atoms with van der Waals surface area (Å²) in [4.78, 5) is 124. The molecule has 2 bridgehead atoms. The van der Waals surface area contributed by atoms with Crippen molar-refractivity contribution in [3.63, 3.8) is 0 Å². The summed E-state index contributed by atoms with van der Waals surface area (Å²) in [5.74, 6) is -9.38. The second-order valence-corrected chi connectivity index (χ2v) is 16.6. The van der Waals surface area contributed by atoms with Crippen LogP contribution in [-0.4, -0.2) is 147 Å². The van der Waals surface area contributed by atoms with E-state index < -0.39 is 133 Å². The number of fused-ring (bicyclic) bond motifs is 5. The number of benzene rings is 1. The topological polar surface area (TPSA) is 312 Å². The molecule has 11 N–H and O–H groups in total. The van der Waals surface area contributed by atoms with Crippen molar-refractivity contribution in [2.75, 3.05) is 32.0 Å². The van der Waals surface area contributed by atoms with Crippen molar-refractivity contribution in [2.45, 2.75) is 100 Å². The van der Waals surface area contributed by atoms with Crippen molar-refractivity contribution >= 4 is 75.7 Å². The molecule has 0 spiro atoms. The van der Waals surface area contributed by atoms with Gasteiger partial charge < -0.3 is 62.6 Å². The Morgan fingerprint density at radius 3 is 2.23 bits per heavy atom. The molecule has 1 fully saturated rings. The Bertz CT molecular complexity index is 2030. The molecule has 3 aliphatic heterocycles. The maximum Gasteiger partial charge on any atom is 0.246 e. The van der Waals surface area contributed by atoms with Gasteiger partial charge in [0.15, 0.2) is 0 Å². The molecule has 0 unspecified atom stereocenters. The third-order valence-corrected chi connectivity index (χ3v) is 12.4. The minimum Gasteiger partial charge on any atom is -0.394 e. The van der Waals surface area contributed by atoms with Gasteiger partial charge in [-0.3, -0.25) is 43.2 Å². The second-order valence-electron chi connectivity index (χ2n) is 15.5. The molecule has 332 valence electrons. The lowest BCUT2D eigenvalue weighted by molar-refractivity contribution is -0.144. The summed E-state index contributed by atoms with van der Waals surface area (Å²) in [6, 6.07) is -1.35. The van der Waals surface area contributed by atoms with Crippen LogP contribution in [0.5, 0.6) is 0 Å². The Labute approximate surface area is 355 Å². The fourth-order valence-electron chi connectivity index (χ4n) is 7.47. The molecule has 4 heterocycles. The van der Waals surface area contributed by atoms with Gasteiger partial charge in [-0.2, -0.15) is 0 Å². The Hall–Kier alpha value is -5.74. The van der Waals surface area contributed by atoms with Crippen molar-refractivity contribution < 1.29 is 53.4 Å². The van der Waals surface area contributed by atoms with Crippen LogP contribution in [0.3, 0.4) is 0 Å². The molecule has 0 radical (unpaired) electrons. The summed E-state index contributed by atoms with van der Waals surface area (Å²) in [6.45, 7) is 2.58. The third-order valence-electron chi connectivity index (χ3n) is 11.2. The standard InChI is InChI=1S/C39H54N10O11S/c1-4-19(2)31-36(58)42-13-29(53)43-25-18-61-39-22-9-6-5-8-21(22)15-48(39)16-24(33(55)41-14-30(54)46-31)45-37(59)32(20(3)27(51)17-50)47-35(57)26-10-7-11-49(26)38(60)23(12-28(40)52)44-34(25)56/h5-6,8-9,15,19-20,23-27,31-32,50-51H,4,7,10-14,16-18H2,1-3H3,(H2,40,52)(H,41,55)(H,42,58)(H,43,53)(H,44,56)(H,45,59)(H,46,54)(H,47,57)/t19-,20-,23-,24-,25-,26-,27-,31-,32-/m0/s1. The zero-order valence-electron chi connectivity index (χ0n) is 34.1. The maximum absolute atomic E-state index is 14.3. The highest BCUT2D eigenvalue weighted by molar-refractivity contribution is 7.99. The number of carbonyl (C=O) groups excluding carboxylic acids is 9. The first kappa shape index (κ1) is 46.3. The Kier molecular flexibility index (Phi) is 15.7. The first-order valence-corrected chi connectivity index (χ1v) is 21.1. The fraction of sp³-hybridized carbons (Fsp3) is 0.564. The number of nitrogens with one attached hydrogen (secondary N) is 7. The number of hydrogen-bond donors (Lipinski definition) is 10.